The standard InChI is InChI=1S/C15H33N/c1-6-9-14(10-11-16-5)12-15(8-3)13(4)7-2/h13-16H,6-12H2,1-5H3/t13-,14-,15?/m0/s1. The molecule has 0 fully saturated rings. The Kier molecular flexibility index (Phi) is 10.1. The summed E-state index contributed by atoms with van der Waals surface area (Å²) < 4.78 is 0. The molecule has 0 bridgehead atoms. The number of nitrogens with one attached hydrogen (secondary N) is 1. The fraction of sp³-hybridized carbons (Fsp3) is 1.00. The molecule has 0 heterocycles. The van der Waals surface area contributed by atoms with E-state index in [0.29, 0.717) is 0 Å². The summed E-state index contributed by atoms with van der Waals surface area (Å²) in [6.45, 7) is 10.6. The van der Waals surface area contributed by atoms with E-state index in [1.54, 1.807) is 0 Å². The lowest BCUT2D eigenvalue weighted by Gasteiger charge is -2.26. The molecule has 0 aromatic rings. The van der Waals surface area contributed by atoms with Crippen molar-refractivity contribution in [1.29, 1.82) is 0 Å². The van der Waals surface area contributed by atoms with Crippen molar-refractivity contribution < 1.29 is 0 Å². The molecule has 0 rings (SSSR count). The van der Waals surface area contributed by atoms with Crippen LogP contribution in [0.4, 0.5) is 0 Å². The topological polar surface area (TPSA) is 12.0 Å². The van der Waals surface area contributed by atoms with E-state index < -0.39 is 0 Å². The Morgan fingerprint density at radius 3 is 2.12 bits per heavy atom. The van der Waals surface area contributed by atoms with E-state index in [1.807, 2.05) is 0 Å². The Labute approximate surface area is 103 Å². The highest BCUT2D eigenvalue weighted by molar-refractivity contribution is 4.70. The van der Waals surface area contributed by atoms with Gasteiger partial charge in [0, 0.05) is 0 Å². The van der Waals surface area contributed by atoms with Crippen LogP contribution in [0.25, 0.3) is 0 Å². The zero-order valence-corrected chi connectivity index (χ0v) is 12.2. The van der Waals surface area contributed by atoms with Crippen molar-refractivity contribution in [3.8, 4) is 0 Å². The molecule has 0 radical (unpaired) electrons. The molecule has 0 saturated carbocycles. The van der Waals surface area contributed by atoms with E-state index >= 15 is 0 Å². The largest absolute Gasteiger partial charge is 0.320 e. The second kappa shape index (κ2) is 10.1. The maximum absolute atomic E-state index is 3.29. The van der Waals surface area contributed by atoms with Crippen molar-refractivity contribution in [2.75, 3.05) is 13.6 Å². The van der Waals surface area contributed by atoms with Gasteiger partial charge in [-0.15, -0.1) is 0 Å². The van der Waals surface area contributed by atoms with Crippen LogP contribution >= 0.6 is 0 Å². The van der Waals surface area contributed by atoms with Crippen molar-refractivity contribution in [3.63, 3.8) is 0 Å². The molecule has 0 aliphatic rings. The molecule has 0 aliphatic heterocycles. The summed E-state index contributed by atoms with van der Waals surface area (Å²) >= 11 is 0. The molecule has 98 valence electrons. The number of rotatable bonds is 10. The normalized spacial score (nSPS) is 17.1. The van der Waals surface area contributed by atoms with E-state index in [2.05, 4.69) is 40.1 Å². The summed E-state index contributed by atoms with van der Waals surface area (Å²) in [7, 11) is 2.06. The summed E-state index contributed by atoms with van der Waals surface area (Å²) in [5.74, 6) is 2.79. The maximum Gasteiger partial charge on any atom is -0.00493 e. The van der Waals surface area contributed by atoms with Gasteiger partial charge in [-0.3, -0.25) is 0 Å². The molecule has 1 nitrogen and oxygen atoms in total. The van der Waals surface area contributed by atoms with Crippen molar-refractivity contribution in [2.45, 2.75) is 66.2 Å². The quantitative estimate of drug-likeness (QED) is 0.580. The van der Waals surface area contributed by atoms with Crippen LogP contribution in [-0.4, -0.2) is 13.6 Å². The summed E-state index contributed by atoms with van der Waals surface area (Å²) in [6, 6.07) is 0. The third-order valence-corrected chi connectivity index (χ3v) is 4.11. The van der Waals surface area contributed by atoms with E-state index in [1.165, 1.54) is 45.1 Å². The first-order valence-electron chi connectivity index (χ1n) is 7.34. The molecular formula is C15H33N. The van der Waals surface area contributed by atoms with Gasteiger partial charge in [0.15, 0.2) is 0 Å². The molecule has 3 atom stereocenters. The molecule has 0 aromatic heterocycles. The minimum atomic E-state index is 0.902. The van der Waals surface area contributed by atoms with Gasteiger partial charge in [-0.05, 0) is 44.2 Å². The Morgan fingerprint density at radius 1 is 1.00 bits per heavy atom. The Balaban J connectivity index is 4.10. The second-order valence-electron chi connectivity index (χ2n) is 5.34. The van der Waals surface area contributed by atoms with Gasteiger partial charge in [0.25, 0.3) is 0 Å². The van der Waals surface area contributed by atoms with E-state index in [9.17, 15) is 0 Å². The predicted molar refractivity (Wildman–Crippen MR) is 74.8 cm³/mol. The molecule has 1 heteroatoms. The lowest BCUT2D eigenvalue weighted by Crippen LogP contribution is -2.19. The lowest BCUT2D eigenvalue weighted by atomic mass is 9.80. The van der Waals surface area contributed by atoms with E-state index in [0.717, 1.165) is 17.8 Å². The first-order valence-corrected chi connectivity index (χ1v) is 7.34. The third kappa shape index (κ3) is 6.52. The van der Waals surface area contributed by atoms with Crippen molar-refractivity contribution in [3.05, 3.63) is 0 Å². The fourth-order valence-corrected chi connectivity index (χ4v) is 2.70. The first kappa shape index (κ1) is 16.0. The molecule has 0 amide bonds. The monoisotopic (exact) mass is 227 g/mol. The minimum Gasteiger partial charge on any atom is -0.320 e. The van der Waals surface area contributed by atoms with Gasteiger partial charge in [0.05, 0.1) is 0 Å². The Hall–Kier alpha value is -0.0400. The van der Waals surface area contributed by atoms with Crippen LogP contribution in [0.5, 0.6) is 0 Å². The van der Waals surface area contributed by atoms with E-state index in [-0.39, 0.29) is 0 Å². The van der Waals surface area contributed by atoms with Gasteiger partial charge < -0.3 is 5.32 Å². The average Bonchev–Trinajstić information content (AvgIpc) is 2.31. The van der Waals surface area contributed by atoms with Crippen LogP contribution in [0.3, 0.4) is 0 Å². The van der Waals surface area contributed by atoms with Crippen LogP contribution in [-0.2, 0) is 0 Å². The third-order valence-electron chi connectivity index (χ3n) is 4.11. The summed E-state index contributed by atoms with van der Waals surface area (Å²) in [6.07, 6.45) is 8.25. The minimum absolute atomic E-state index is 0.902. The SMILES string of the molecule is CCC[C@@H](CCNC)CC(CC)[C@@H](C)CC. The summed E-state index contributed by atoms with van der Waals surface area (Å²) in [5, 5.41) is 3.29. The summed E-state index contributed by atoms with van der Waals surface area (Å²) in [5.41, 5.74) is 0. The molecule has 1 N–H and O–H groups in total. The van der Waals surface area contributed by atoms with Crippen LogP contribution < -0.4 is 5.32 Å². The zero-order valence-electron chi connectivity index (χ0n) is 12.2. The van der Waals surface area contributed by atoms with Gasteiger partial charge in [-0.1, -0.05) is 53.4 Å². The molecule has 0 saturated heterocycles. The summed E-state index contributed by atoms with van der Waals surface area (Å²) in [4.78, 5) is 0. The van der Waals surface area contributed by atoms with Crippen molar-refractivity contribution in [1.82, 2.24) is 5.32 Å². The zero-order chi connectivity index (χ0) is 12.4. The second-order valence-corrected chi connectivity index (χ2v) is 5.34. The molecule has 16 heavy (non-hydrogen) atoms. The highest BCUT2D eigenvalue weighted by atomic mass is 14.8. The van der Waals surface area contributed by atoms with Gasteiger partial charge in [0.1, 0.15) is 0 Å². The van der Waals surface area contributed by atoms with Crippen LogP contribution in [0.15, 0.2) is 0 Å². The van der Waals surface area contributed by atoms with Crippen LogP contribution in [0.1, 0.15) is 66.2 Å². The molecule has 0 aliphatic carbocycles. The average molecular weight is 227 g/mol. The highest BCUT2D eigenvalue weighted by Crippen LogP contribution is 2.29. The highest BCUT2D eigenvalue weighted by Gasteiger charge is 2.18. The molecule has 0 spiro atoms. The Morgan fingerprint density at radius 2 is 1.69 bits per heavy atom. The van der Waals surface area contributed by atoms with Crippen molar-refractivity contribution in [2.24, 2.45) is 17.8 Å². The maximum atomic E-state index is 3.29. The van der Waals surface area contributed by atoms with Crippen LogP contribution in [0.2, 0.25) is 0 Å². The van der Waals surface area contributed by atoms with Gasteiger partial charge in [0.2, 0.25) is 0 Å². The van der Waals surface area contributed by atoms with Gasteiger partial charge in [-0.2, -0.15) is 0 Å². The lowest BCUT2D eigenvalue weighted by molar-refractivity contribution is 0.250. The molecule has 1 unspecified atom stereocenters. The fourth-order valence-electron chi connectivity index (χ4n) is 2.70. The predicted octanol–water partition coefficient (Wildman–Crippen LogP) is 4.47. The number of hydrogen-bond acceptors (Lipinski definition) is 1. The smallest absolute Gasteiger partial charge is 0.00493 e. The van der Waals surface area contributed by atoms with Gasteiger partial charge in [-0.25, -0.2) is 0 Å². The first-order chi connectivity index (χ1) is 7.69. The number of hydrogen-bond donors (Lipinski definition) is 1. The van der Waals surface area contributed by atoms with Gasteiger partial charge >= 0.3 is 0 Å². The van der Waals surface area contributed by atoms with Crippen LogP contribution in [0, 0.1) is 17.8 Å². The van der Waals surface area contributed by atoms with Crippen molar-refractivity contribution >= 4 is 0 Å². The Bertz CT molecular complexity index is 144. The molecule has 0 aromatic carbocycles. The van der Waals surface area contributed by atoms with E-state index in [4.69, 9.17) is 0 Å². The molecular weight excluding hydrogens is 194 g/mol.